The number of fused-ring (bicyclic) bond motifs is 1. The van der Waals surface area contributed by atoms with Gasteiger partial charge in [0.2, 0.25) is 0 Å². The van der Waals surface area contributed by atoms with Crippen LogP contribution in [0.1, 0.15) is 23.0 Å². The molecule has 0 aliphatic carbocycles. The number of benzene rings is 1. The maximum absolute atomic E-state index is 12.2. The van der Waals surface area contributed by atoms with Crippen LogP contribution in [0.2, 0.25) is 0 Å². The molecule has 1 N–H and O–H groups in total. The Morgan fingerprint density at radius 2 is 2.20 bits per heavy atom. The Kier molecular flexibility index (Phi) is 3.16. The normalized spacial score (nSPS) is 10.7. The number of carbonyl (C=O) groups excluding carboxylic acids is 1. The van der Waals surface area contributed by atoms with Crippen LogP contribution in [0.15, 0.2) is 48.8 Å². The molecule has 0 bridgehead atoms. The highest BCUT2D eigenvalue weighted by atomic mass is 16.1. The van der Waals surface area contributed by atoms with E-state index in [9.17, 15) is 4.79 Å². The minimum atomic E-state index is -0.233. The molecule has 5 heteroatoms. The first-order valence-electron chi connectivity index (χ1n) is 6.47. The van der Waals surface area contributed by atoms with Crippen LogP contribution in [-0.2, 0) is 6.42 Å². The summed E-state index contributed by atoms with van der Waals surface area (Å²) < 4.78 is 1.58. The fraction of sp³-hybridized carbons (Fsp3) is 0.133. The number of nitrogens with one attached hydrogen (secondary N) is 1. The Hall–Kier alpha value is -2.69. The van der Waals surface area contributed by atoms with Crippen LogP contribution in [0.25, 0.3) is 5.65 Å². The fourth-order valence-electron chi connectivity index (χ4n) is 2.01. The molecule has 3 aromatic rings. The lowest BCUT2D eigenvalue weighted by Gasteiger charge is -2.04. The van der Waals surface area contributed by atoms with Crippen LogP contribution >= 0.6 is 0 Å². The van der Waals surface area contributed by atoms with Crippen LogP contribution in [0.4, 0.5) is 5.69 Å². The van der Waals surface area contributed by atoms with Crippen LogP contribution in [-0.4, -0.2) is 20.5 Å². The molecular formula is C15H14N4O. The number of amides is 1. The zero-order chi connectivity index (χ0) is 13.9. The number of hydrogen-bond acceptors (Lipinski definition) is 3. The molecule has 5 nitrogen and oxygen atoms in total. The molecule has 0 aliphatic heterocycles. The van der Waals surface area contributed by atoms with Crippen molar-refractivity contribution in [3.63, 3.8) is 0 Å². The van der Waals surface area contributed by atoms with E-state index < -0.39 is 0 Å². The van der Waals surface area contributed by atoms with Gasteiger partial charge in [-0.25, -0.2) is 9.50 Å². The minimum Gasteiger partial charge on any atom is -0.321 e. The quantitative estimate of drug-likeness (QED) is 0.792. The van der Waals surface area contributed by atoms with Crippen LogP contribution in [0, 0.1) is 0 Å². The van der Waals surface area contributed by atoms with E-state index in [4.69, 9.17) is 0 Å². The Bertz CT molecular complexity index is 730. The molecule has 0 saturated carbocycles. The fourth-order valence-corrected chi connectivity index (χ4v) is 2.01. The summed E-state index contributed by atoms with van der Waals surface area (Å²) in [4.78, 5) is 16.3. The van der Waals surface area contributed by atoms with Gasteiger partial charge in [-0.2, -0.15) is 5.10 Å². The van der Waals surface area contributed by atoms with E-state index in [1.807, 2.05) is 24.3 Å². The Labute approximate surface area is 116 Å². The summed E-state index contributed by atoms with van der Waals surface area (Å²) >= 11 is 0. The molecule has 2 heterocycles. The van der Waals surface area contributed by atoms with Crippen molar-refractivity contribution in [1.82, 2.24) is 14.6 Å². The number of rotatable bonds is 3. The van der Waals surface area contributed by atoms with Gasteiger partial charge in [-0.3, -0.25) is 4.79 Å². The summed E-state index contributed by atoms with van der Waals surface area (Å²) in [6, 6.07) is 11.2. The second kappa shape index (κ2) is 5.13. The molecule has 0 fully saturated rings. The van der Waals surface area contributed by atoms with Crippen molar-refractivity contribution in [2.24, 2.45) is 0 Å². The molecular weight excluding hydrogens is 252 g/mol. The molecule has 0 unspecified atom stereocenters. The highest BCUT2D eigenvalue weighted by Crippen LogP contribution is 2.13. The van der Waals surface area contributed by atoms with Gasteiger partial charge in [-0.1, -0.05) is 19.1 Å². The van der Waals surface area contributed by atoms with Crippen molar-refractivity contribution in [3.05, 3.63) is 60.0 Å². The van der Waals surface area contributed by atoms with Crippen LogP contribution in [0.3, 0.4) is 0 Å². The summed E-state index contributed by atoms with van der Waals surface area (Å²) in [7, 11) is 0. The predicted molar refractivity (Wildman–Crippen MR) is 76.8 cm³/mol. The molecule has 1 amide bonds. The van der Waals surface area contributed by atoms with Crippen molar-refractivity contribution in [3.8, 4) is 0 Å². The zero-order valence-electron chi connectivity index (χ0n) is 11.1. The van der Waals surface area contributed by atoms with Gasteiger partial charge in [0.25, 0.3) is 5.91 Å². The Morgan fingerprint density at radius 1 is 1.30 bits per heavy atom. The molecule has 100 valence electrons. The molecule has 0 saturated heterocycles. The number of anilines is 1. The molecule has 0 radical (unpaired) electrons. The second-order valence-corrected chi connectivity index (χ2v) is 4.46. The van der Waals surface area contributed by atoms with Gasteiger partial charge in [0.1, 0.15) is 0 Å². The monoisotopic (exact) mass is 266 g/mol. The molecule has 1 aromatic carbocycles. The van der Waals surface area contributed by atoms with Gasteiger partial charge < -0.3 is 5.32 Å². The molecule has 0 aliphatic rings. The topological polar surface area (TPSA) is 59.3 Å². The van der Waals surface area contributed by atoms with E-state index in [1.54, 1.807) is 29.0 Å². The summed E-state index contributed by atoms with van der Waals surface area (Å²) in [5, 5.41) is 7.04. The van der Waals surface area contributed by atoms with E-state index in [1.165, 1.54) is 5.56 Å². The van der Waals surface area contributed by atoms with Crippen molar-refractivity contribution in [1.29, 1.82) is 0 Å². The number of hydrogen-bond donors (Lipinski definition) is 1. The maximum Gasteiger partial charge on any atom is 0.276 e. The van der Waals surface area contributed by atoms with Gasteiger partial charge in [0, 0.05) is 24.1 Å². The number of nitrogens with zero attached hydrogens (tertiary/aromatic N) is 3. The third kappa shape index (κ3) is 2.38. The van der Waals surface area contributed by atoms with Gasteiger partial charge in [-0.15, -0.1) is 0 Å². The maximum atomic E-state index is 12.2. The first-order chi connectivity index (χ1) is 9.76. The van der Waals surface area contributed by atoms with Gasteiger partial charge >= 0.3 is 0 Å². The average molecular weight is 266 g/mol. The second-order valence-electron chi connectivity index (χ2n) is 4.46. The average Bonchev–Trinajstić information content (AvgIpc) is 2.91. The number of aromatic nitrogens is 3. The third-order valence-electron chi connectivity index (χ3n) is 3.06. The van der Waals surface area contributed by atoms with E-state index in [0.29, 0.717) is 11.3 Å². The molecule has 3 rings (SSSR count). The third-order valence-corrected chi connectivity index (χ3v) is 3.06. The molecule has 20 heavy (non-hydrogen) atoms. The zero-order valence-corrected chi connectivity index (χ0v) is 11.1. The largest absolute Gasteiger partial charge is 0.321 e. The molecule has 0 atom stereocenters. The number of aryl methyl sites for hydroxylation is 1. The smallest absolute Gasteiger partial charge is 0.276 e. The summed E-state index contributed by atoms with van der Waals surface area (Å²) in [5.41, 5.74) is 2.96. The number of carbonyl (C=O) groups is 1. The molecule has 2 aromatic heterocycles. The SMILES string of the molecule is CCc1cccc(NC(=O)c2cc3ncccn3n2)c1. The van der Waals surface area contributed by atoms with Crippen molar-refractivity contribution in [2.75, 3.05) is 5.32 Å². The van der Waals surface area contributed by atoms with Crippen molar-refractivity contribution < 1.29 is 4.79 Å². The van der Waals surface area contributed by atoms with E-state index in [-0.39, 0.29) is 5.91 Å². The van der Waals surface area contributed by atoms with E-state index >= 15 is 0 Å². The van der Waals surface area contributed by atoms with E-state index in [0.717, 1.165) is 12.1 Å². The lowest BCUT2D eigenvalue weighted by atomic mass is 10.1. The van der Waals surface area contributed by atoms with Gasteiger partial charge in [0.15, 0.2) is 11.3 Å². The first kappa shape index (κ1) is 12.3. The lowest BCUT2D eigenvalue weighted by molar-refractivity contribution is 0.102. The van der Waals surface area contributed by atoms with Gasteiger partial charge in [0.05, 0.1) is 0 Å². The van der Waals surface area contributed by atoms with Crippen molar-refractivity contribution >= 4 is 17.2 Å². The highest BCUT2D eigenvalue weighted by molar-refractivity contribution is 6.03. The Morgan fingerprint density at radius 3 is 3.00 bits per heavy atom. The molecule has 0 spiro atoms. The van der Waals surface area contributed by atoms with Gasteiger partial charge in [-0.05, 0) is 30.2 Å². The highest BCUT2D eigenvalue weighted by Gasteiger charge is 2.11. The van der Waals surface area contributed by atoms with Crippen molar-refractivity contribution in [2.45, 2.75) is 13.3 Å². The standard InChI is InChI=1S/C15H14N4O/c1-2-11-5-3-6-12(9-11)17-15(20)13-10-14-16-7-4-8-19(14)18-13/h3-10H,2H2,1H3,(H,17,20). The first-order valence-corrected chi connectivity index (χ1v) is 6.47. The summed E-state index contributed by atoms with van der Waals surface area (Å²) in [5.74, 6) is -0.233. The minimum absolute atomic E-state index is 0.233. The summed E-state index contributed by atoms with van der Waals surface area (Å²) in [6.45, 7) is 2.08. The van der Waals surface area contributed by atoms with Crippen LogP contribution < -0.4 is 5.32 Å². The van der Waals surface area contributed by atoms with Crippen LogP contribution in [0.5, 0.6) is 0 Å². The Balaban J connectivity index is 1.85. The summed E-state index contributed by atoms with van der Waals surface area (Å²) in [6.07, 6.45) is 4.36. The predicted octanol–water partition coefficient (Wildman–Crippen LogP) is 2.54. The van der Waals surface area contributed by atoms with E-state index in [2.05, 4.69) is 22.3 Å². The lowest BCUT2D eigenvalue weighted by Crippen LogP contribution is -2.12.